The maximum Gasteiger partial charge on any atom is 0.406 e. The standard InChI is InChI=1S/C10H11ClF3N3OS/c1-5(6-2-3-6)17(4-10(12,13)14)8(18)7-15-16-9(11)19-7/h5-6H,2-4H2,1H3. The van der Waals surface area contributed by atoms with E-state index >= 15 is 0 Å². The van der Waals surface area contributed by atoms with Gasteiger partial charge in [-0.2, -0.15) is 13.2 Å². The maximum atomic E-state index is 12.6. The van der Waals surface area contributed by atoms with Crippen LogP contribution in [0, 0.1) is 5.92 Å². The predicted molar refractivity (Wildman–Crippen MR) is 64.2 cm³/mol. The van der Waals surface area contributed by atoms with Crippen LogP contribution < -0.4 is 0 Å². The third kappa shape index (κ3) is 3.79. The lowest BCUT2D eigenvalue weighted by molar-refractivity contribution is -0.144. The molecule has 0 saturated heterocycles. The van der Waals surface area contributed by atoms with Gasteiger partial charge in [0, 0.05) is 6.04 Å². The highest BCUT2D eigenvalue weighted by Crippen LogP contribution is 2.37. The summed E-state index contributed by atoms with van der Waals surface area (Å²) in [4.78, 5) is 12.9. The summed E-state index contributed by atoms with van der Waals surface area (Å²) in [5, 5.41) is 6.84. The van der Waals surface area contributed by atoms with Crippen LogP contribution in [0.15, 0.2) is 0 Å². The molecular weight excluding hydrogens is 303 g/mol. The fourth-order valence-corrected chi connectivity index (χ4v) is 2.63. The number of hydrogen-bond donors (Lipinski definition) is 0. The topological polar surface area (TPSA) is 46.1 Å². The van der Waals surface area contributed by atoms with Crippen LogP contribution in [0.25, 0.3) is 0 Å². The molecule has 1 aromatic rings. The Morgan fingerprint density at radius 2 is 2.16 bits per heavy atom. The summed E-state index contributed by atoms with van der Waals surface area (Å²) in [7, 11) is 0. The lowest BCUT2D eigenvalue weighted by Gasteiger charge is -2.29. The number of amides is 1. The molecule has 0 aliphatic heterocycles. The highest BCUT2D eigenvalue weighted by Gasteiger charge is 2.41. The van der Waals surface area contributed by atoms with E-state index in [-0.39, 0.29) is 15.4 Å². The lowest BCUT2D eigenvalue weighted by atomic mass is 10.2. The van der Waals surface area contributed by atoms with Gasteiger partial charge in [0.1, 0.15) is 6.54 Å². The first-order chi connectivity index (χ1) is 8.78. The molecule has 2 rings (SSSR count). The van der Waals surface area contributed by atoms with E-state index in [9.17, 15) is 18.0 Å². The van der Waals surface area contributed by atoms with Crippen molar-refractivity contribution in [1.82, 2.24) is 15.1 Å². The van der Waals surface area contributed by atoms with Crippen molar-refractivity contribution in [3.8, 4) is 0 Å². The van der Waals surface area contributed by atoms with E-state index in [4.69, 9.17) is 11.6 Å². The Hall–Kier alpha value is -0.890. The van der Waals surface area contributed by atoms with E-state index in [1.807, 2.05) is 0 Å². The third-order valence-electron chi connectivity index (χ3n) is 2.99. The largest absolute Gasteiger partial charge is 0.406 e. The van der Waals surface area contributed by atoms with Crippen molar-refractivity contribution < 1.29 is 18.0 Å². The minimum Gasteiger partial charge on any atom is -0.324 e. The van der Waals surface area contributed by atoms with E-state index < -0.39 is 24.7 Å². The minimum atomic E-state index is -4.44. The number of carbonyl (C=O) groups is 1. The molecule has 1 unspecified atom stereocenters. The van der Waals surface area contributed by atoms with Crippen molar-refractivity contribution in [1.29, 1.82) is 0 Å². The van der Waals surface area contributed by atoms with Crippen LogP contribution in [-0.4, -0.2) is 39.8 Å². The van der Waals surface area contributed by atoms with Crippen molar-refractivity contribution in [3.63, 3.8) is 0 Å². The first-order valence-corrected chi connectivity index (χ1v) is 6.84. The van der Waals surface area contributed by atoms with Crippen molar-refractivity contribution >= 4 is 28.8 Å². The SMILES string of the molecule is CC(C1CC1)N(CC(F)(F)F)C(=O)c1nnc(Cl)s1. The first-order valence-electron chi connectivity index (χ1n) is 5.64. The number of hydrogen-bond acceptors (Lipinski definition) is 4. The molecule has 106 valence electrons. The number of halogens is 4. The summed E-state index contributed by atoms with van der Waals surface area (Å²) in [5.74, 6) is -0.629. The summed E-state index contributed by atoms with van der Waals surface area (Å²) < 4.78 is 37.8. The fraction of sp³-hybridized carbons (Fsp3) is 0.700. The number of aromatic nitrogens is 2. The van der Waals surface area contributed by atoms with Gasteiger partial charge in [0.05, 0.1) is 0 Å². The number of alkyl halides is 3. The van der Waals surface area contributed by atoms with Crippen molar-refractivity contribution in [2.24, 2.45) is 5.92 Å². The second-order valence-electron chi connectivity index (χ2n) is 4.49. The first kappa shape index (κ1) is 14.5. The quantitative estimate of drug-likeness (QED) is 0.858. The van der Waals surface area contributed by atoms with Crippen molar-refractivity contribution in [2.45, 2.75) is 32.0 Å². The van der Waals surface area contributed by atoms with E-state index in [1.54, 1.807) is 6.92 Å². The van der Waals surface area contributed by atoms with Crippen LogP contribution in [0.3, 0.4) is 0 Å². The molecule has 0 N–H and O–H groups in total. The average molecular weight is 314 g/mol. The van der Waals surface area contributed by atoms with Gasteiger partial charge in [0.25, 0.3) is 5.91 Å². The molecule has 0 bridgehead atoms. The zero-order valence-electron chi connectivity index (χ0n) is 9.95. The van der Waals surface area contributed by atoms with E-state index in [2.05, 4.69) is 10.2 Å². The molecule has 1 amide bonds. The normalized spacial score (nSPS) is 17.3. The van der Waals surface area contributed by atoms with Crippen LogP contribution in [0.1, 0.15) is 29.6 Å². The van der Waals surface area contributed by atoms with Crippen LogP contribution in [0.5, 0.6) is 0 Å². The number of carbonyl (C=O) groups excluding carboxylic acids is 1. The molecule has 9 heteroatoms. The summed E-state index contributed by atoms with van der Waals surface area (Å²) in [6, 6.07) is -0.461. The van der Waals surface area contributed by atoms with Gasteiger partial charge in [-0.05, 0) is 37.3 Å². The van der Waals surface area contributed by atoms with Crippen LogP contribution in [-0.2, 0) is 0 Å². The molecule has 1 aliphatic carbocycles. The highest BCUT2D eigenvalue weighted by atomic mass is 35.5. The van der Waals surface area contributed by atoms with Gasteiger partial charge in [-0.25, -0.2) is 0 Å². The molecule has 0 radical (unpaired) electrons. The Kier molecular flexibility index (Phi) is 4.00. The summed E-state index contributed by atoms with van der Waals surface area (Å²) >= 11 is 6.33. The monoisotopic (exact) mass is 313 g/mol. The van der Waals surface area contributed by atoms with Gasteiger partial charge in [0.2, 0.25) is 9.47 Å². The second kappa shape index (κ2) is 5.24. The summed E-state index contributed by atoms with van der Waals surface area (Å²) in [6.07, 6.45) is -2.74. The van der Waals surface area contributed by atoms with Crippen LogP contribution in [0.4, 0.5) is 13.2 Å². The zero-order valence-corrected chi connectivity index (χ0v) is 11.5. The smallest absolute Gasteiger partial charge is 0.324 e. The Balaban J connectivity index is 2.18. The van der Waals surface area contributed by atoms with Crippen molar-refractivity contribution in [3.05, 3.63) is 9.47 Å². The lowest BCUT2D eigenvalue weighted by Crippen LogP contribution is -2.45. The maximum absolute atomic E-state index is 12.6. The van der Waals surface area contributed by atoms with Crippen LogP contribution >= 0.6 is 22.9 Å². The molecule has 1 aliphatic rings. The number of rotatable bonds is 4. The Labute approximate surface area is 116 Å². The van der Waals surface area contributed by atoms with Gasteiger partial charge in [-0.15, -0.1) is 10.2 Å². The molecule has 19 heavy (non-hydrogen) atoms. The second-order valence-corrected chi connectivity index (χ2v) is 6.05. The Bertz CT molecular complexity index is 475. The van der Waals surface area contributed by atoms with E-state index in [1.165, 1.54) is 0 Å². The summed E-state index contributed by atoms with van der Waals surface area (Å²) in [6.45, 7) is 0.352. The molecule has 0 aromatic carbocycles. The van der Waals surface area contributed by atoms with Crippen molar-refractivity contribution in [2.75, 3.05) is 6.54 Å². The fourth-order valence-electron chi connectivity index (χ4n) is 1.84. The number of nitrogens with zero attached hydrogens (tertiary/aromatic N) is 3. The van der Waals surface area contributed by atoms with Gasteiger partial charge < -0.3 is 4.90 Å². The average Bonchev–Trinajstić information content (AvgIpc) is 3.06. The predicted octanol–water partition coefficient (Wildman–Crippen LogP) is 2.99. The molecule has 1 atom stereocenters. The summed E-state index contributed by atoms with van der Waals surface area (Å²) in [5.41, 5.74) is 0. The van der Waals surface area contributed by atoms with E-state index in [0.29, 0.717) is 0 Å². The van der Waals surface area contributed by atoms with Gasteiger partial charge in [-0.1, -0.05) is 11.3 Å². The minimum absolute atomic E-state index is 0.0365. The molecule has 1 heterocycles. The third-order valence-corrected chi connectivity index (χ3v) is 4.00. The Morgan fingerprint density at radius 1 is 1.53 bits per heavy atom. The molecule has 0 spiro atoms. The van der Waals surface area contributed by atoms with Gasteiger partial charge in [0.15, 0.2) is 0 Å². The zero-order chi connectivity index (χ0) is 14.2. The molecule has 1 saturated carbocycles. The molecular formula is C10H11ClF3N3OS. The van der Waals surface area contributed by atoms with Gasteiger partial charge in [-0.3, -0.25) is 4.79 Å². The molecule has 4 nitrogen and oxygen atoms in total. The van der Waals surface area contributed by atoms with Crippen LogP contribution in [0.2, 0.25) is 4.47 Å². The van der Waals surface area contributed by atoms with E-state index in [0.717, 1.165) is 29.1 Å². The van der Waals surface area contributed by atoms with Gasteiger partial charge >= 0.3 is 6.18 Å². The molecule has 1 fully saturated rings. The Morgan fingerprint density at radius 3 is 2.58 bits per heavy atom. The molecule has 1 aromatic heterocycles. The highest BCUT2D eigenvalue weighted by molar-refractivity contribution is 7.17.